The summed E-state index contributed by atoms with van der Waals surface area (Å²) in [6, 6.07) is 6.78. The van der Waals surface area contributed by atoms with Crippen molar-refractivity contribution < 1.29 is 14.3 Å². The quantitative estimate of drug-likeness (QED) is 0.753. The van der Waals surface area contributed by atoms with Crippen LogP contribution >= 0.6 is 0 Å². The van der Waals surface area contributed by atoms with E-state index in [0.29, 0.717) is 23.0 Å². The zero-order valence-electron chi connectivity index (χ0n) is 14.9. The van der Waals surface area contributed by atoms with E-state index >= 15 is 0 Å². The monoisotopic (exact) mass is 345 g/mol. The van der Waals surface area contributed by atoms with E-state index in [1.807, 2.05) is 14.1 Å². The van der Waals surface area contributed by atoms with Crippen LogP contribution in [-0.4, -0.2) is 62.2 Å². The lowest BCUT2D eigenvalue weighted by atomic mass is 10.2. The van der Waals surface area contributed by atoms with Crippen molar-refractivity contribution >= 4 is 17.4 Å². The van der Waals surface area contributed by atoms with Crippen molar-refractivity contribution in [2.24, 2.45) is 0 Å². The molecule has 0 aliphatic carbocycles. The van der Waals surface area contributed by atoms with Gasteiger partial charge in [0, 0.05) is 25.2 Å². The summed E-state index contributed by atoms with van der Waals surface area (Å²) in [5.41, 5.74) is 0.764. The minimum absolute atomic E-state index is 0.257. The zero-order valence-corrected chi connectivity index (χ0v) is 14.9. The predicted molar refractivity (Wildman–Crippen MR) is 96.6 cm³/mol. The van der Waals surface area contributed by atoms with E-state index in [9.17, 15) is 4.79 Å². The maximum absolute atomic E-state index is 12.5. The topological polar surface area (TPSA) is 88.6 Å². The van der Waals surface area contributed by atoms with E-state index in [4.69, 9.17) is 9.47 Å². The zero-order chi connectivity index (χ0) is 18.2. The number of hydrogen-bond donors (Lipinski definition) is 2. The fourth-order valence-electron chi connectivity index (χ4n) is 2.08. The van der Waals surface area contributed by atoms with Crippen molar-refractivity contribution in [3.8, 4) is 11.5 Å². The summed E-state index contributed by atoms with van der Waals surface area (Å²) < 4.78 is 10.4. The Labute approximate surface area is 147 Å². The van der Waals surface area contributed by atoms with Crippen LogP contribution in [0.2, 0.25) is 0 Å². The summed E-state index contributed by atoms with van der Waals surface area (Å²) in [5.74, 6) is 1.39. The fraction of sp³-hybridized carbons (Fsp3) is 0.353. The van der Waals surface area contributed by atoms with Gasteiger partial charge in [-0.2, -0.15) is 0 Å². The van der Waals surface area contributed by atoms with E-state index in [0.717, 1.165) is 13.1 Å². The van der Waals surface area contributed by atoms with Crippen molar-refractivity contribution in [3.05, 3.63) is 36.3 Å². The normalized spacial score (nSPS) is 10.4. The highest BCUT2D eigenvalue weighted by atomic mass is 16.5. The van der Waals surface area contributed by atoms with Crippen LogP contribution in [0, 0.1) is 0 Å². The molecular formula is C17H23N5O3. The average molecular weight is 345 g/mol. The second kappa shape index (κ2) is 8.84. The van der Waals surface area contributed by atoms with Gasteiger partial charge in [-0.3, -0.25) is 4.79 Å². The number of ether oxygens (including phenoxy) is 2. The molecule has 0 fully saturated rings. The van der Waals surface area contributed by atoms with Gasteiger partial charge >= 0.3 is 0 Å². The third-order valence-corrected chi connectivity index (χ3v) is 3.42. The predicted octanol–water partition coefficient (Wildman–Crippen LogP) is 1.72. The molecule has 0 aliphatic heterocycles. The molecule has 0 unspecified atom stereocenters. The first kappa shape index (κ1) is 18.5. The molecule has 2 aromatic rings. The lowest BCUT2D eigenvalue weighted by molar-refractivity contribution is 0.102. The largest absolute Gasteiger partial charge is 0.497 e. The first-order valence-electron chi connectivity index (χ1n) is 7.77. The van der Waals surface area contributed by atoms with E-state index in [1.165, 1.54) is 13.4 Å². The van der Waals surface area contributed by atoms with E-state index in [-0.39, 0.29) is 11.6 Å². The van der Waals surface area contributed by atoms with Crippen molar-refractivity contribution in [1.29, 1.82) is 0 Å². The Bertz CT molecular complexity index is 721. The molecule has 1 aromatic heterocycles. The fourth-order valence-corrected chi connectivity index (χ4v) is 2.08. The highest BCUT2D eigenvalue weighted by Crippen LogP contribution is 2.29. The Morgan fingerprint density at radius 1 is 1.16 bits per heavy atom. The van der Waals surface area contributed by atoms with Gasteiger partial charge in [-0.25, -0.2) is 9.97 Å². The Balaban J connectivity index is 2.10. The van der Waals surface area contributed by atoms with Crippen LogP contribution in [0.1, 0.15) is 10.5 Å². The minimum atomic E-state index is -0.357. The molecule has 0 aliphatic rings. The first-order chi connectivity index (χ1) is 12.0. The molecule has 25 heavy (non-hydrogen) atoms. The molecule has 0 spiro atoms. The van der Waals surface area contributed by atoms with Gasteiger partial charge in [0.25, 0.3) is 5.91 Å². The third-order valence-electron chi connectivity index (χ3n) is 3.42. The Kier molecular flexibility index (Phi) is 6.53. The van der Waals surface area contributed by atoms with Crippen molar-refractivity contribution in [2.75, 3.05) is 52.0 Å². The van der Waals surface area contributed by atoms with E-state index < -0.39 is 0 Å². The number of rotatable bonds is 8. The number of methoxy groups -OCH3 is 2. The summed E-state index contributed by atoms with van der Waals surface area (Å²) in [7, 11) is 7.07. The van der Waals surface area contributed by atoms with E-state index in [1.54, 1.807) is 31.4 Å². The molecular weight excluding hydrogens is 322 g/mol. The molecule has 2 rings (SSSR count). The van der Waals surface area contributed by atoms with Crippen LogP contribution < -0.4 is 20.1 Å². The van der Waals surface area contributed by atoms with Crippen molar-refractivity contribution in [2.45, 2.75) is 0 Å². The number of nitrogens with zero attached hydrogens (tertiary/aromatic N) is 3. The van der Waals surface area contributed by atoms with Crippen LogP contribution in [0.25, 0.3) is 0 Å². The maximum atomic E-state index is 12.5. The van der Waals surface area contributed by atoms with Crippen LogP contribution in [0.5, 0.6) is 11.5 Å². The number of likely N-dealkylation sites (N-methyl/N-ethyl adjacent to an activating group) is 1. The van der Waals surface area contributed by atoms with Crippen LogP contribution in [0.3, 0.4) is 0 Å². The molecule has 134 valence electrons. The number of carbonyl (C=O) groups is 1. The summed E-state index contributed by atoms with van der Waals surface area (Å²) in [6.45, 7) is 1.57. The van der Waals surface area contributed by atoms with Gasteiger partial charge in [-0.15, -0.1) is 0 Å². The molecule has 8 heteroatoms. The minimum Gasteiger partial charge on any atom is -0.497 e. The second-order valence-corrected chi connectivity index (χ2v) is 5.54. The molecule has 0 atom stereocenters. The lowest BCUT2D eigenvalue weighted by Gasteiger charge is -2.12. The lowest BCUT2D eigenvalue weighted by Crippen LogP contribution is -2.21. The summed E-state index contributed by atoms with van der Waals surface area (Å²) >= 11 is 0. The smallest absolute Gasteiger partial charge is 0.274 e. The molecule has 1 amide bonds. The highest BCUT2D eigenvalue weighted by molar-refractivity contribution is 6.04. The summed E-state index contributed by atoms with van der Waals surface area (Å²) in [4.78, 5) is 22.7. The summed E-state index contributed by atoms with van der Waals surface area (Å²) in [6.07, 6.45) is 1.36. The van der Waals surface area contributed by atoms with Crippen LogP contribution in [0.15, 0.2) is 30.6 Å². The first-order valence-corrected chi connectivity index (χ1v) is 7.77. The van der Waals surface area contributed by atoms with Gasteiger partial charge in [0.15, 0.2) is 0 Å². The van der Waals surface area contributed by atoms with Gasteiger partial charge in [0.05, 0.1) is 19.9 Å². The van der Waals surface area contributed by atoms with Crippen molar-refractivity contribution in [3.63, 3.8) is 0 Å². The second-order valence-electron chi connectivity index (χ2n) is 5.54. The SMILES string of the molecule is COc1ccc(OC)c(NC(=O)c2cc(NCCN(C)C)ncn2)c1. The number of carbonyl (C=O) groups excluding carboxylic acids is 1. The molecule has 0 bridgehead atoms. The van der Waals surface area contributed by atoms with Crippen LogP contribution in [0.4, 0.5) is 11.5 Å². The van der Waals surface area contributed by atoms with Gasteiger partial charge in [0.2, 0.25) is 0 Å². The molecule has 1 heterocycles. The molecule has 0 saturated carbocycles. The Hall–Kier alpha value is -2.87. The molecule has 0 saturated heterocycles. The standard InChI is InChI=1S/C17H23N5O3/c1-22(2)8-7-18-16-10-14(19-11-20-16)17(23)21-13-9-12(24-3)5-6-15(13)25-4/h5-6,9-11H,7-8H2,1-4H3,(H,21,23)(H,18,19,20). The number of nitrogens with one attached hydrogen (secondary N) is 2. The highest BCUT2D eigenvalue weighted by Gasteiger charge is 2.13. The number of anilines is 2. The van der Waals surface area contributed by atoms with Gasteiger partial charge < -0.3 is 25.0 Å². The molecule has 8 nitrogen and oxygen atoms in total. The van der Waals surface area contributed by atoms with Crippen LogP contribution in [-0.2, 0) is 0 Å². The number of amides is 1. The number of benzene rings is 1. The van der Waals surface area contributed by atoms with Gasteiger partial charge in [0.1, 0.15) is 29.3 Å². The van der Waals surface area contributed by atoms with Gasteiger partial charge in [-0.05, 0) is 26.2 Å². The van der Waals surface area contributed by atoms with Gasteiger partial charge in [-0.1, -0.05) is 0 Å². The summed E-state index contributed by atoms with van der Waals surface area (Å²) in [5, 5.41) is 5.94. The Morgan fingerprint density at radius 3 is 2.64 bits per heavy atom. The Morgan fingerprint density at radius 2 is 1.96 bits per heavy atom. The molecule has 1 aromatic carbocycles. The average Bonchev–Trinajstić information content (AvgIpc) is 2.61. The molecule has 0 radical (unpaired) electrons. The maximum Gasteiger partial charge on any atom is 0.274 e. The number of hydrogen-bond acceptors (Lipinski definition) is 7. The molecule has 2 N–H and O–H groups in total. The van der Waals surface area contributed by atoms with E-state index in [2.05, 4.69) is 25.5 Å². The number of aromatic nitrogens is 2. The van der Waals surface area contributed by atoms with Crippen molar-refractivity contribution in [1.82, 2.24) is 14.9 Å². The third kappa shape index (κ3) is 5.32.